The quantitative estimate of drug-likeness (QED) is 0.780. The smallest absolute Gasteiger partial charge is 0.338 e. The maximum atomic E-state index is 11.8. The molecule has 0 unspecified atom stereocenters. The van der Waals surface area contributed by atoms with Crippen molar-refractivity contribution in [1.29, 1.82) is 0 Å². The molecular formula is C14H16O4. The number of carbonyl (C=O) groups is 2. The zero-order valence-electron chi connectivity index (χ0n) is 10.1. The standard InChI is InChI=1S/C14H16O4/c15-13(16)10-6-8-12(9-7-10)18-14(17)11-4-2-1-3-5-11/h4,6,8H,1-3,5,7,9H2,(H,15,16). The first-order chi connectivity index (χ1) is 8.66. The van der Waals surface area contributed by atoms with Crippen LogP contribution in [0.5, 0.6) is 0 Å². The summed E-state index contributed by atoms with van der Waals surface area (Å²) in [5.41, 5.74) is 1.10. The van der Waals surface area contributed by atoms with E-state index in [0.717, 1.165) is 31.3 Å². The van der Waals surface area contributed by atoms with E-state index in [0.29, 0.717) is 24.2 Å². The number of rotatable bonds is 3. The van der Waals surface area contributed by atoms with Gasteiger partial charge in [-0.2, -0.15) is 0 Å². The van der Waals surface area contributed by atoms with Crippen LogP contribution < -0.4 is 0 Å². The van der Waals surface area contributed by atoms with Gasteiger partial charge in [0.15, 0.2) is 0 Å². The van der Waals surface area contributed by atoms with Gasteiger partial charge in [0, 0.05) is 17.6 Å². The molecule has 0 aliphatic heterocycles. The zero-order valence-corrected chi connectivity index (χ0v) is 10.1. The van der Waals surface area contributed by atoms with Gasteiger partial charge in [-0.15, -0.1) is 0 Å². The normalized spacial score (nSPS) is 19.4. The van der Waals surface area contributed by atoms with Crippen molar-refractivity contribution in [1.82, 2.24) is 0 Å². The zero-order chi connectivity index (χ0) is 13.0. The van der Waals surface area contributed by atoms with E-state index in [1.165, 1.54) is 6.08 Å². The van der Waals surface area contributed by atoms with Crippen LogP contribution in [0.4, 0.5) is 0 Å². The molecule has 2 aliphatic rings. The van der Waals surface area contributed by atoms with E-state index in [-0.39, 0.29) is 5.97 Å². The van der Waals surface area contributed by atoms with Gasteiger partial charge < -0.3 is 9.84 Å². The molecule has 0 atom stereocenters. The molecule has 2 aliphatic carbocycles. The first kappa shape index (κ1) is 12.6. The predicted molar refractivity (Wildman–Crippen MR) is 65.7 cm³/mol. The molecule has 0 saturated heterocycles. The highest BCUT2D eigenvalue weighted by atomic mass is 16.5. The number of hydrogen-bond donors (Lipinski definition) is 1. The summed E-state index contributed by atoms with van der Waals surface area (Å²) in [7, 11) is 0. The van der Waals surface area contributed by atoms with E-state index in [4.69, 9.17) is 9.84 Å². The van der Waals surface area contributed by atoms with Gasteiger partial charge in [-0.3, -0.25) is 0 Å². The van der Waals surface area contributed by atoms with Crippen molar-refractivity contribution in [2.75, 3.05) is 0 Å². The molecule has 0 amide bonds. The summed E-state index contributed by atoms with van der Waals surface area (Å²) >= 11 is 0. The van der Waals surface area contributed by atoms with E-state index >= 15 is 0 Å². The Labute approximate surface area is 106 Å². The number of hydrogen-bond acceptors (Lipinski definition) is 3. The molecule has 0 radical (unpaired) electrons. The summed E-state index contributed by atoms with van der Waals surface area (Å²) in [6, 6.07) is 0. The topological polar surface area (TPSA) is 63.6 Å². The monoisotopic (exact) mass is 248 g/mol. The molecule has 18 heavy (non-hydrogen) atoms. The fourth-order valence-electron chi connectivity index (χ4n) is 2.09. The van der Waals surface area contributed by atoms with Crippen LogP contribution in [0.15, 0.2) is 35.1 Å². The Kier molecular flexibility index (Phi) is 3.97. The van der Waals surface area contributed by atoms with Crippen molar-refractivity contribution in [2.45, 2.75) is 38.5 Å². The molecule has 0 spiro atoms. The molecular weight excluding hydrogens is 232 g/mol. The summed E-state index contributed by atoms with van der Waals surface area (Å²) < 4.78 is 5.28. The average molecular weight is 248 g/mol. The molecule has 96 valence electrons. The van der Waals surface area contributed by atoms with Gasteiger partial charge in [-0.25, -0.2) is 9.59 Å². The fourth-order valence-corrected chi connectivity index (χ4v) is 2.09. The van der Waals surface area contributed by atoms with Crippen molar-refractivity contribution >= 4 is 11.9 Å². The third-order valence-electron chi connectivity index (χ3n) is 3.16. The SMILES string of the molecule is O=C(O)C1=CC=C(OC(=O)C2=CCCCC2)CC1. The van der Waals surface area contributed by atoms with Crippen LogP contribution in [0.2, 0.25) is 0 Å². The van der Waals surface area contributed by atoms with Gasteiger partial charge in [-0.1, -0.05) is 6.08 Å². The first-order valence-electron chi connectivity index (χ1n) is 6.21. The molecule has 0 fully saturated rings. The van der Waals surface area contributed by atoms with Crippen molar-refractivity contribution in [3.8, 4) is 0 Å². The minimum absolute atomic E-state index is 0.284. The molecule has 2 rings (SSSR count). The Morgan fingerprint density at radius 1 is 1.06 bits per heavy atom. The van der Waals surface area contributed by atoms with Crippen LogP contribution in [-0.4, -0.2) is 17.0 Å². The van der Waals surface area contributed by atoms with Crippen molar-refractivity contribution in [2.24, 2.45) is 0 Å². The van der Waals surface area contributed by atoms with E-state index in [1.54, 1.807) is 6.08 Å². The van der Waals surface area contributed by atoms with E-state index < -0.39 is 5.97 Å². The van der Waals surface area contributed by atoms with Gasteiger partial charge in [-0.05, 0) is 44.3 Å². The van der Waals surface area contributed by atoms with Gasteiger partial charge in [0.05, 0.1) is 0 Å². The van der Waals surface area contributed by atoms with E-state index in [2.05, 4.69) is 0 Å². The molecule has 0 aromatic carbocycles. The lowest BCUT2D eigenvalue weighted by Crippen LogP contribution is -2.12. The lowest BCUT2D eigenvalue weighted by Gasteiger charge is -2.15. The number of esters is 1. The van der Waals surface area contributed by atoms with E-state index in [9.17, 15) is 9.59 Å². The summed E-state index contributed by atoms with van der Waals surface area (Å²) in [6.07, 6.45) is 9.78. The molecule has 0 aromatic rings. The van der Waals surface area contributed by atoms with Crippen LogP contribution in [0.25, 0.3) is 0 Å². The highest BCUT2D eigenvalue weighted by Crippen LogP contribution is 2.23. The minimum atomic E-state index is -0.911. The van der Waals surface area contributed by atoms with Crippen molar-refractivity contribution in [3.05, 3.63) is 35.1 Å². The maximum Gasteiger partial charge on any atom is 0.338 e. The number of carboxylic acid groups (broad SMARTS) is 1. The van der Waals surface area contributed by atoms with Gasteiger partial charge >= 0.3 is 11.9 Å². The highest BCUT2D eigenvalue weighted by Gasteiger charge is 2.18. The Morgan fingerprint density at radius 3 is 2.44 bits per heavy atom. The molecule has 0 aromatic heterocycles. The summed E-state index contributed by atoms with van der Waals surface area (Å²) in [5.74, 6) is -0.642. The Morgan fingerprint density at radius 2 is 1.89 bits per heavy atom. The molecule has 0 saturated carbocycles. The lowest BCUT2D eigenvalue weighted by atomic mass is 9.99. The van der Waals surface area contributed by atoms with Gasteiger partial charge in [0.1, 0.15) is 5.76 Å². The largest absolute Gasteiger partial charge is 0.478 e. The van der Waals surface area contributed by atoms with Crippen molar-refractivity contribution in [3.63, 3.8) is 0 Å². The molecule has 0 bridgehead atoms. The summed E-state index contributed by atoms with van der Waals surface area (Å²) in [4.78, 5) is 22.5. The van der Waals surface area contributed by atoms with E-state index in [1.807, 2.05) is 6.08 Å². The second-order valence-electron chi connectivity index (χ2n) is 4.49. The molecule has 0 heterocycles. The fraction of sp³-hybridized carbons (Fsp3) is 0.429. The predicted octanol–water partition coefficient (Wildman–Crippen LogP) is 2.72. The number of carboxylic acids is 1. The van der Waals surface area contributed by atoms with Gasteiger partial charge in [0.2, 0.25) is 0 Å². The average Bonchev–Trinajstić information content (AvgIpc) is 2.40. The highest BCUT2D eigenvalue weighted by molar-refractivity contribution is 5.90. The van der Waals surface area contributed by atoms with Crippen LogP contribution in [-0.2, 0) is 14.3 Å². The number of ether oxygens (including phenoxy) is 1. The number of aliphatic carboxylic acids is 1. The minimum Gasteiger partial charge on any atom is -0.478 e. The third-order valence-corrected chi connectivity index (χ3v) is 3.16. The van der Waals surface area contributed by atoms with Crippen LogP contribution in [0.3, 0.4) is 0 Å². The second kappa shape index (κ2) is 5.67. The Balaban J connectivity index is 1.96. The third kappa shape index (κ3) is 3.09. The van der Waals surface area contributed by atoms with Crippen molar-refractivity contribution < 1.29 is 19.4 Å². The summed E-state index contributed by atoms with van der Waals surface area (Å²) in [6.45, 7) is 0. The molecule has 4 nitrogen and oxygen atoms in total. The van der Waals surface area contributed by atoms with Crippen LogP contribution >= 0.6 is 0 Å². The second-order valence-corrected chi connectivity index (χ2v) is 4.49. The Bertz CT molecular complexity index is 454. The van der Waals surface area contributed by atoms with Crippen LogP contribution in [0, 0.1) is 0 Å². The Hall–Kier alpha value is -1.84. The molecule has 4 heteroatoms. The lowest BCUT2D eigenvalue weighted by molar-refractivity contribution is -0.135. The maximum absolute atomic E-state index is 11.8. The summed E-state index contributed by atoms with van der Waals surface area (Å²) in [5, 5.41) is 8.80. The number of carbonyl (C=O) groups excluding carboxylic acids is 1. The number of allylic oxidation sites excluding steroid dienone is 4. The molecule has 1 N–H and O–H groups in total. The first-order valence-corrected chi connectivity index (χ1v) is 6.21. The van der Waals surface area contributed by atoms with Crippen LogP contribution in [0.1, 0.15) is 38.5 Å². The van der Waals surface area contributed by atoms with Gasteiger partial charge in [0.25, 0.3) is 0 Å².